The average molecular weight is 347 g/mol. The van der Waals surface area contributed by atoms with Gasteiger partial charge in [-0.25, -0.2) is 9.78 Å². The van der Waals surface area contributed by atoms with Gasteiger partial charge in [0.05, 0.1) is 18.6 Å². The maximum atomic E-state index is 12.8. The number of nitrogens with zero attached hydrogens (tertiary/aromatic N) is 4. The van der Waals surface area contributed by atoms with E-state index in [4.69, 9.17) is 4.74 Å². The van der Waals surface area contributed by atoms with Crippen molar-refractivity contribution in [2.24, 2.45) is 5.92 Å². The topological polar surface area (TPSA) is 81.8 Å². The van der Waals surface area contributed by atoms with Crippen molar-refractivity contribution in [2.45, 2.75) is 32.4 Å². The minimum Gasteiger partial charge on any atom is -0.448 e. The number of aromatic nitrogens is 2. The van der Waals surface area contributed by atoms with Gasteiger partial charge in [-0.05, 0) is 25.7 Å². The van der Waals surface area contributed by atoms with Crippen LogP contribution in [0.4, 0.5) is 4.79 Å². The number of ether oxygens (including phenoxy) is 1. The maximum absolute atomic E-state index is 12.8. The zero-order chi connectivity index (χ0) is 17.4. The SMILES string of the molecule is Cc1[nH]cnc1CN1C[C@H]2CC[C@@H](C1)N(C(=O)CN1CCOC1=O)C2. The van der Waals surface area contributed by atoms with Gasteiger partial charge in [0.15, 0.2) is 0 Å². The molecule has 4 saturated heterocycles. The Morgan fingerprint density at radius 3 is 2.96 bits per heavy atom. The van der Waals surface area contributed by atoms with E-state index in [1.54, 1.807) is 6.33 Å². The van der Waals surface area contributed by atoms with Crippen LogP contribution >= 0.6 is 0 Å². The molecule has 4 aliphatic heterocycles. The van der Waals surface area contributed by atoms with Gasteiger partial charge in [0.1, 0.15) is 13.2 Å². The van der Waals surface area contributed by atoms with E-state index in [2.05, 4.69) is 14.9 Å². The number of cyclic esters (lactones) is 1. The third-order valence-corrected chi connectivity index (χ3v) is 5.59. The molecule has 5 heterocycles. The number of rotatable bonds is 4. The van der Waals surface area contributed by atoms with Crippen molar-refractivity contribution in [3.8, 4) is 0 Å². The van der Waals surface area contributed by atoms with Crippen LogP contribution in [0.1, 0.15) is 24.2 Å². The molecule has 0 spiro atoms. The van der Waals surface area contributed by atoms with Gasteiger partial charge in [0, 0.05) is 37.9 Å². The van der Waals surface area contributed by atoms with E-state index in [9.17, 15) is 9.59 Å². The highest BCUT2D eigenvalue weighted by atomic mass is 16.6. The van der Waals surface area contributed by atoms with Crippen LogP contribution in [0.15, 0.2) is 6.33 Å². The Kier molecular flexibility index (Phi) is 4.37. The Morgan fingerprint density at radius 1 is 1.36 bits per heavy atom. The summed E-state index contributed by atoms with van der Waals surface area (Å²) >= 11 is 0. The number of amides is 2. The molecule has 2 bridgehead atoms. The Hall–Kier alpha value is -2.09. The third kappa shape index (κ3) is 3.35. The van der Waals surface area contributed by atoms with E-state index in [1.165, 1.54) is 4.90 Å². The molecule has 0 radical (unpaired) electrons. The highest BCUT2D eigenvalue weighted by Gasteiger charge is 2.38. The van der Waals surface area contributed by atoms with Gasteiger partial charge in [0.2, 0.25) is 5.91 Å². The van der Waals surface area contributed by atoms with Crippen LogP contribution in [0.3, 0.4) is 0 Å². The van der Waals surface area contributed by atoms with Gasteiger partial charge >= 0.3 is 6.09 Å². The average Bonchev–Trinajstić information content (AvgIpc) is 3.05. The second-order valence-corrected chi connectivity index (χ2v) is 7.35. The number of aromatic amines is 1. The lowest BCUT2D eigenvalue weighted by atomic mass is 9.95. The molecule has 1 aromatic rings. The number of fused-ring (bicyclic) bond motifs is 4. The number of carbonyl (C=O) groups is 2. The summed E-state index contributed by atoms with van der Waals surface area (Å²) in [5, 5.41) is 0. The van der Waals surface area contributed by atoms with E-state index < -0.39 is 0 Å². The zero-order valence-electron chi connectivity index (χ0n) is 14.6. The Balaban J connectivity index is 1.41. The molecule has 8 heteroatoms. The molecule has 2 atom stereocenters. The fourth-order valence-corrected chi connectivity index (χ4v) is 4.20. The predicted molar refractivity (Wildman–Crippen MR) is 89.7 cm³/mol. The van der Waals surface area contributed by atoms with E-state index in [0.29, 0.717) is 19.1 Å². The molecular formula is C17H25N5O3. The molecule has 0 unspecified atom stereocenters. The molecule has 0 aliphatic carbocycles. The van der Waals surface area contributed by atoms with Crippen LogP contribution in [0.2, 0.25) is 0 Å². The summed E-state index contributed by atoms with van der Waals surface area (Å²) < 4.78 is 4.93. The van der Waals surface area contributed by atoms with Crippen LogP contribution in [0.25, 0.3) is 0 Å². The molecule has 2 amide bonds. The fraction of sp³-hybridized carbons (Fsp3) is 0.706. The van der Waals surface area contributed by atoms with Crippen molar-refractivity contribution in [3.05, 3.63) is 17.7 Å². The number of piperidine rings is 1. The molecule has 1 aromatic heterocycles. The Bertz CT molecular complexity index is 660. The minimum absolute atomic E-state index is 0.0475. The third-order valence-electron chi connectivity index (χ3n) is 5.59. The van der Waals surface area contributed by atoms with E-state index in [0.717, 1.165) is 50.4 Å². The second kappa shape index (κ2) is 6.67. The largest absolute Gasteiger partial charge is 0.448 e. The molecular weight excluding hydrogens is 322 g/mol. The molecule has 8 nitrogen and oxygen atoms in total. The molecule has 0 saturated carbocycles. The van der Waals surface area contributed by atoms with E-state index >= 15 is 0 Å². The monoisotopic (exact) mass is 347 g/mol. The smallest absolute Gasteiger partial charge is 0.410 e. The number of imidazole rings is 1. The highest BCUT2D eigenvalue weighted by molar-refractivity contribution is 5.83. The molecule has 136 valence electrons. The summed E-state index contributed by atoms with van der Waals surface area (Å²) in [7, 11) is 0. The number of hydrogen-bond acceptors (Lipinski definition) is 5. The fourth-order valence-electron chi connectivity index (χ4n) is 4.20. The summed E-state index contributed by atoms with van der Waals surface area (Å²) in [4.78, 5) is 37.8. The van der Waals surface area contributed by atoms with Crippen LogP contribution in [0, 0.1) is 12.8 Å². The van der Waals surface area contributed by atoms with Crippen molar-refractivity contribution in [2.75, 3.05) is 39.3 Å². The lowest BCUT2D eigenvalue weighted by Gasteiger charge is -2.36. The summed E-state index contributed by atoms with van der Waals surface area (Å²) in [5.41, 5.74) is 2.19. The molecule has 0 aromatic carbocycles. The number of H-pyrrole nitrogens is 1. The summed E-state index contributed by atoms with van der Waals surface area (Å²) in [6.45, 7) is 6.56. The van der Waals surface area contributed by atoms with Gasteiger partial charge < -0.3 is 14.6 Å². The van der Waals surface area contributed by atoms with Gasteiger partial charge in [-0.2, -0.15) is 0 Å². The Morgan fingerprint density at radius 2 is 2.24 bits per heavy atom. The van der Waals surface area contributed by atoms with Crippen molar-refractivity contribution in [1.82, 2.24) is 24.7 Å². The van der Waals surface area contributed by atoms with Crippen molar-refractivity contribution >= 4 is 12.0 Å². The van der Waals surface area contributed by atoms with Crippen molar-refractivity contribution in [3.63, 3.8) is 0 Å². The summed E-state index contributed by atoms with van der Waals surface area (Å²) in [6, 6.07) is 0.226. The second-order valence-electron chi connectivity index (χ2n) is 7.35. The van der Waals surface area contributed by atoms with Gasteiger partial charge in [-0.3, -0.25) is 14.6 Å². The highest BCUT2D eigenvalue weighted by Crippen LogP contribution is 2.29. The first-order valence-electron chi connectivity index (χ1n) is 9.02. The Labute approximate surface area is 147 Å². The minimum atomic E-state index is -0.371. The normalized spacial score (nSPS) is 26.8. The molecule has 25 heavy (non-hydrogen) atoms. The van der Waals surface area contributed by atoms with E-state index in [-0.39, 0.29) is 24.6 Å². The first-order valence-corrected chi connectivity index (χ1v) is 9.02. The number of nitrogens with one attached hydrogen (secondary N) is 1. The van der Waals surface area contributed by atoms with Crippen molar-refractivity contribution < 1.29 is 14.3 Å². The van der Waals surface area contributed by atoms with Crippen LogP contribution in [-0.2, 0) is 16.1 Å². The van der Waals surface area contributed by atoms with Crippen molar-refractivity contribution in [1.29, 1.82) is 0 Å². The first kappa shape index (κ1) is 16.4. The van der Waals surface area contributed by atoms with E-state index in [1.807, 2.05) is 11.8 Å². The maximum Gasteiger partial charge on any atom is 0.410 e. The quantitative estimate of drug-likeness (QED) is 0.862. The van der Waals surface area contributed by atoms with Crippen LogP contribution < -0.4 is 0 Å². The first-order chi connectivity index (χ1) is 12.1. The molecule has 5 rings (SSSR count). The molecule has 1 N–H and O–H groups in total. The van der Waals surface area contributed by atoms with Crippen LogP contribution in [0.5, 0.6) is 0 Å². The summed E-state index contributed by atoms with van der Waals surface area (Å²) in [6.07, 6.45) is 3.57. The molecule has 4 aliphatic rings. The lowest BCUT2D eigenvalue weighted by Crippen LogP contribution is -2.50. The number of aryl methyl sites for hydroxylation is 1. The number of carbonyl (C=O) groups excluding carboxylic acids is 2. The van der Waals surface area contributed by atoms with Crippen LogP contribution in [-0.4, -0.2) is 82.0 Å². The van der Waals surface area contributed by atoms with Gasteiger partial charge in [-0.15, -0.1) is 0 Å². The van der Waals surface area contributed by atoms with Gasteiger partial charge in [0.25, 0.3) is 0 Å². The molecule has 4 fully saturated rings. The lowest BCUT2D eigenvalue weighted by molar-refractivity contribution is -0.135. The van der Waals surface area contributed by atoms with Gasteiger partial charge in [-0.1, -0.05) is 0 Å². The predicted octanol–water partition coefficient (Wildman–Crippen LogP) is 0.593. The summed E-state index contributed by atoms with van der Waals surface area (Å²) in [5.74, 6) is 0.541. The number of hydrogen-bond donors (Lipinski definition) is 1. The zero-order valence-corrected chi connectivity index (χ0v) is 14.6. The standard InChI is InChI=1S/C17H25N5O3/c1-12-15(19-11-18-12)9-20-6-13-2-3-14(8-20)22(7-13)16(23)10-21-4-5-25-17(21)24/h11,13-14H,2-10H2,1H3,(H,18,19)/t13-,14+/m1/s1.